The largest absolute Gasteiger partial charge is 0.374 e. The molecular weight excluding hydrogens is 224 g/mol. The Bertz CT molecular complexity index is 233. The van der Waals surface area contributed by atoms with E-state index in [9.17, 15) is 0 Å². The van der Waals surface area contributed by atoms with Gasteiger partial charge in [0.1, 0.15) is 0 Å². The molecule has 18 heavy (non-hydrogen) atoms. The molecule has 0 amide bonds. The van der Waals surface area contributed by atoms with E-state index in [1.54, 1.807) is 0 Å². The SMILES string of the molecule is CC(C)CN(C1CCCC1)C(C)C1CNCCO1. The van der Waals surface area contributed by atoms with Crippen molar-refractivity contribution in [2.45, 2.75) is 64.6 Å². The molecule has 106 valence electrons. The smallest absolute Gasteiger partial charge is 0.0852 e. The predicted molar refractivity (Wildman–Crippen MR) is 75.9 cm³/mol. The molecule has 1 saturated heterocycles. The molecular formula is C15H30N2O. The van der Waals surface area contributed by atoms with Gasteiger partial charge in [-0.2, -0.15) is 0 Å². The van der Waals surface area contributed by atoms with Crippen molar-refractivity contribution in [1.29, 1.82) is 0 Å². The van der Waals surface area contributed by atoms with Crippen LogP contribution in [0, 0.1) is 5.92 Å². The molecule has 1 N–H and O–H groups in total. The van der Waals surface area contributed by atoms with Gasteiger partial charge in [0.15, 0.2) is 0 Å². The van der Waals surface area contributed by atoms with Gasteiger partial charge >= 0.3 is 0 Å². The van der Waals surface area contributed by atoms with Gasteiger partial charge in [-0.1, -0.05) is 26.7 Å². The first kappa shape index (κ1) is 14.3. The summed E-state index contributed by atoms with van der Waals surface area (Å²) in [4.78, 5) is 2.73. The Morgan fingerprint density at radius 2 is 1.94 bits per heavy atom. The first-order chi connectivity index (χ1) is 8.68. The molecule has 0 spiro atoms. The minimum absolute atomic E-state index is 0.373. The normalized spacial score (nSPS) is 28.2. The Morgan fingerprint density at radius 3 is 2.50 bits per heavy atom. The maximum Gasteiger partial charge on any atom is 0.0852 e. The molecule has 2 rings (SSSR count). The molecule has 2 unspecified atom stereocenters. The quantitative estimate of drug-likeness (QED) is 0.814. The van der Waals surface area contributed by atoms with Crippen LogP contribution in [0.4, 0.5) is 0 Å². The van der Waals surface area contributed by atoms with Crippen LogP contribution < -0.4 is 5.32 Å². The van der Waals surface area contributed by atoms with Gasteiger partial charge in [-0.25, -0.2) is 0 Å². The van der Waals surface area contributed by atoms with Gasteiger partial charge in [0.25, 0.3) is 0 Å². The minimum Gasteiger partial charge on any atom is -0.374 e. The zero-order valence-electron chi connectivity index (χ0n) is 12.3. The van der Waals surface area contributed by atoms with E-state index in [2.05, 4.69) is 31.0 Å². The summed E-state index contributed by atoms with van der Waals surface area (Å²) in [5.74, 6) is 0.740. The minimum atomic E-state index is 0.373. The number of hydrogen-bond donors (Lipinski definition) is 1. The molecule has 2 fully saturated rings. The van der Waals surface area contributed by atoms with E-state index in [1.807, 2.05) is 0 Å². The Labute approximate surface area is 112 Å². The number of morpholine rings is 1. The van der Waals surface area contributed by atoms with Gasteiger partial charge in [0.05, 0.1) is 12.7 Å². The van der Waals surface area contributed by atoms with E-state index >= 15 is 0 Å². The van der Waals surface area contributed by atoms with Crippen molar-refractivity contribution in [3.05, 3.63) is 0 Å². The lowest BCUT2D eigenvalue weighted by atomic mass is 10.0. The zero-order chi connectivity index (χ0) is 13.0. The number of nitrogens with zero attached hydrogens (tertiary/aromatic N) is 1. The molecule has 1 aliphatic heterocycles. The molecule has 2 aliphatic rings. The molecule has 3 heteroatoms. The average molecular weight is 254 g/mol. The van der Waals surface area contributed by atoms with Crippen LogP contribution in [0.1, 0.15) is 46.5 Å². The number of rotatable bonds is 5. The summed E-state index contributed by atoms with van der Waals surface area (Å²) in [5, 5.41) is 3.46. The number of hydrogen-bond acceptors (Lipinski definition) is 3. The standard InChI is InChI=1S/C15H30N2O/c1-12(2)11-17(14-6-4-5-7-14)13(3)15-10-16-8-9-18-15/h12-16H,4-11H2,1-3H3. The second-order valence-corrected chi connectivity index (χ2v) is 6.38. The zero-order valence-corrected chi connectivity index (χ0v) is 12.3. The fraction of sp³-hybridized carbons (Fsp3) is 1.00. The van der Waals surface area contributed by atoms with Crippen LogP contribution in [0.15, 0.2) is 0 Å². The molecule has 1 aliphatic carbocycles. The van der Waals surface area contributed by atoms with Gasteiger partial charge < -0.3 is 10.1 Å². The molecule has 0 radical (unpaired) electrons. The first-order valence-electron chi connectivity index (χ1n) is 7.76. The Morgan fingerprint density at radius 1 is 1.22 bits per heavy atom. The lowest BCUT2D eigenvalue weighted by Gasteiger charge is -2.41. The van der Waals surface area contributed by atoms with E-state index in [0.717, 1.165) is 31.7 Å². The Hall–Kier alpha value is -0.120. The van der Waals surface area contributed by atoms with Gasteiger partial charge in [-0.3, -0.25) is 4.90 Å². The molecule has 0 aromatic heterocycles. The average Bonchev–Trinajstić information content (AvgIpc) is 2.89. The monoisotopic (exact) mass is 254 g/mol. The molecule has 2 atom stereocenters. The highest BCUT2D eigenvalue weighted by Gasteiger charge is 2.32. The maximum atomic E-state index is 5.96. The van der Waals surface area contributed by atoms with Crippen LogP contribution in [0.25, 0.3) is 0 Å². The van der Waals surface area contributed by atoms with E-state index in [4.69, 9.17) is 4.74 Å². The van der Waals surface area contributed by atoms with Crippen molar-refractivity contribution in [3.63, 3.8) is 0 Å². The van der Waals surface area contributed by atoms with Crippen LogP contribution in [0.2, 0.25) is 0 Å². The Balaban J connectivity index is 1.96. The van der Waals surface area contributed by atoms with Gasteiger partial charge in [0.2, 0.25) is 0 Å². The van der Waals surface area contributed by atoms with E-state index in [1.165, 1.54) is 32.2 Å². The summed E-state index contributed by atoms with van der Waals surface area (Å²) in [6, 6.07) is 1.34. The maximum absolute atomic E-state index is 5.96. The van der Waals surface area contributed by atoms with Crippen molar-refractivity contribution in [3.8, 4) is 0 Å². The van der Waals surface area contributed by atoms with E-state index in [0.29, 0.717) is 12.1 Å². The van der Waals surface area contributed by atoms with Crippen molar-refractivity contribution in [2.75, 3.05) is 26.2 Å². The summed E-state index contributed by atoms with van der Waals surface area (Å²) in [6.45, 7) is 11.1. The molecule has 1 saturated carbocycles. The van der Waals surface area contributed by atoms with Crippen molar-refractivity contribution < 1.29 is 4.74 Å². The lowest BCUT2D eigenvalue weighted by Crippen LogP contribution is -2.54. The van der Waals surface area contributed by atoms with Crippen LogP contribution in [0.3, 0.4) is 0 Å². The fourth-order valence-corrected chi connectivity index (χ4v) is 3.41. The third-order valence-electron chi connectivity index (χ3n) is 4.39. The highest BCUT2D eigenvalue weighted by Crippen LogP contribution is 2.27. The number of ether oxygens (including phenoxy) is 1. The fourth-order valence-electron chi connectivity index (χ4n) is 3.41. The van der Waals surface area contributed by atoms with E-state index in [-0.39, 0.29) is 0 Å². The van der Waals surface area contributed by atoms with Crippen LogP contribution in [-0.2, 0) is 4.74 Å². The van der Waals surface area contributed by atoms with Gasteiger partial charge in [0, 0.05) is 31.7 Å². The molecule has 0 bridgehead atoms. The van der Waals surface area contributed by atoms with Crippen molar-refractivity contribution >= 4 is 0 Å². The lowest BCUT2D eigenvalue weighted by molar-refractivity contribution is -0.0398. The number of nitrogens with one attached hydrogen (secondary N) is 1. The first-order valence-corrected chi connectivity index (χ1v) is 7.76. The predicted octanol–water partition coefficient (Wildman–Crippen LogP) is 2.26. The summed E-state index contributed by atoms with van der Waals surface area (Å²) in [6.07, 6.45) is 5.97. The van der Waals surface area contributed by atoms with Crippen molar-refractivity contribution in [2.24, 2.45) is 5.92 Å². The summed E-state index contributed by atoms with van der Waals surface area (Å²) in [7, 11) is 0. The second kappa shape index (κ2) is 6.88. The van der Waals surface area contributed by atoms with Crippen LogP contribution in [0.5, 0.6) is 0 Å². The third kappa shape index (κ3) is 3.69. The summed E-state index contributed by atoms with van der Waals surface area (Å²) >= 11 is 0. The van der Waals surface area contributed by atoms with Gasteiger partial charge in [-0.05, 0) is 25.7 Å². The topological polar surface area (TPSA) is 24.5 Å². The molecule has 3 nitrogen and oxygen atoms in total. The van der Waals surface area contributed by atoms with Crippen LogP contribution >= 0.6 is 0 Å². The third-order valence-corrected chi connectivity index (χ3v) is 4.39. The highest BCUT2D eigenvalue weighted by molar-refractivity contribution is 4.87. The molecule has 0 aromatic rings. The highest BCUT2D eigenvalue weighted by atomic mass is 16.5. The summed E-state index contributed by atoms with van der Waals surface area (Å²) < 4.78 is 5.96. The summed E-state index contributed by atoms with van der Waals surface area (Å²) in [5.41, 5.74) is 0. The Kier molecular flexibility index (Phi) is 5.46. The van der Waals surface area contributed by atoms with Crippen molar-refractivity contribution in [1.82, 2.24) is 10.2 Å². The molecule has 0 aromatic carbocycles. The van der Waals surface area contributed by atoms with E-state index < -0.39 is 0 Å². The second-order valence-electron chi connectivity index (χ2n) is 6.38. The van der Waals surface area contributed by atoms with Crippen LogP contribution in [-0.4, -0.2) is 49.3 Å². The van der Waals surface area contributed by atoms with Gasteiger partial charge in [-0.15, -0.1) is 0 Å². The molecule has 1 heterocycles.